The molecule has 1 heterocycles. The quantitative estimate of drug-likeness (QED) is 0.592. The zero-order valence-corrected chi connectivity index (χ0v) is 16.1. The molecule has 0 aromatic heterocycles. The second-order valence-corrected chi connectivity index (χ2v) is 7.77. The van der Waals surface area contributed by atoms with E-state index in [-0.39, 0.29) is 11.5 Å². The van der Waals surface area contributed by atoms with Gasteiger partial charge in [0, 0.05) is 43.1 Å². The summed E-state index contributed by atoms with van der Waals surface area (Å²) >= 11 is 3.58. The lowest BCUT2D eigenvalue weighted by Gasteiger charge is -2.30. The van der Waals surface area contributed by atoms with Crippen LogP contribution in [0.3, 0.4) is 0 Å². The molecule has 0 radical (unpaired) electrons. The average molecular weight is 395 g/mol. The Labute approximate surface area is 153 Å². The molecule has 1 saturated heterocycles. The molecule has 5 nitrogen and oxygen atoms in total. The Kier molecular flexibility index (Phi) is 5.79. The van der Waals surface area contributed by atoms with E-state index in [1.807, 2.05) is 7.05 Å². The first-order valence-corrected chi connectivity index (χ1v) is 9.41. The number of likely N-dealkylation sites (N-methyl/N-ethyl adjacent to an activating group) is 1. The van der Waals surface area contributed by atoms with Crippen LogP contribution in [0.25, 0.3) is 0 Å². The molecule has 0 bridgehead atoms. The first-order valence-electron chi connectivity index (χ1n) is 8.62. The molecule has 1 aliphatic heterocycles. The number of morpholine rings is 1. The Hall–Kier alpha value is -1.11. The first kappa shape index (κ1) is 17.7. The highest BCUT2D eigenvalue weighted by Gasteiger charge is 2.44. The molecule has 6 heteroatoms. The molecule has 1 saturated carbocycles. The Morgan fingerprint density at radius 2 is 2.25 bits per heavy atom. The molecule has 1 aromatic rings. The molecule has 2 fully saturated rings. The van der Waals surface area contributed by atoms with Gasteiger partial charge in [-0.1, -0.05) is 28.1 Å². The molecule has 3 rings (SSSR count). The second-order valence-electron chi connectivity index (χ2n) is 6.85. The predicted molar refractivity (Wildman–Crippen MR) is 102 cm³/mol. The summed E-state index contributed by atoms with van der Waals surface area (Å²) in [6.07, 6.45) is 2.68. The summed E-state index contributed by atoms with van der Waals surface area (Å²) in [6, 6.07) is 8.65. The van der Waals surface area contributed by atoms with Crippen LogP contribution in [0, 0.1) is 0 Å². The third-order valence-corrected chi connectivity index (χ3v) is 5.44. The highest BCUT2D eigenvalue weighted by Crippen LogP contribution is 2.48. The van der Waals surface area contributed by atoms with E-state index in [2.05, 4.69) is 67.8 Å². The van der Waals surface area contributed by atoms with Gasteiger partial charge in [0.15, 0.2) is 5.96 Å². The monoisotopic (exact) mass is 394 g/mol. The van der Waals surface area contributed by atoms with Crippen LogP contribution in [0.2, 0.25) is 0 Å². The highest BCUT2D eigenvalue weighted by atomic mass is 79.9. The summed E-state index contributed by atoms with van der Waals surface area (Å²) in [5.41, 5.74) is 1.65. The number of rotatable bonds is 5. The number of benzene rings is 1. The molecule has 1 aliphatic carbocycles. The zero-order valence-electron chi connectivity index (χ0n) is 14.5. The molecule has 1 atom stereocenters. The lowest BCUT2D eigenvalue weighted by molar-refractivity contribution is -0.0161. The summed E-state index contributed by atoms with van der Waals surface area (Å²) in [4.78, 5) is 6.65. The van der Waals surface area contributed by atoms with Crippen molar-refractivity contribution in [3.05, 3.63) is 34.3 Å². The number of aliphatic imine (C=N–C) groups is 1. The number of hydrogen-bond acceptors (Lipinski definition) is 3. The van der Waals surface area contributed by atoms with Crippen LogP contribution in [0.5, 0.6) is 0 Å². The molecular weight excluding hydrogens is 368 g/mol. The Morgan fingerprint density at radius 3 is 2.92 bits per heavy atom. The van der Waals surface area contributed by atoms with Crippen molar-refractivity contribution in [1.29, 1.82) is 0 Å². The molecule has 2 N–H and O–H groups in total. The van der Waals surface area contributed by atoms with Crippen LogP contribution < -0.4 is 10.6 Å². The largest absolute Gasteiger partial charge is 0.374 e. The topological polar surface area (TPSA) is 48.9 Å². The van der Waals surface area contributed by atoms with Gasteiger partial charge in [0.25, 0.3) is 0 Å². The minimum absolute atomic E-state index is 0.224. The SMILES string of the molecule is CN=C(NCC1CN(C)CCO1)NCC1(c2cccc(Br)c2)CC1. The summed E-state index contributed by atoms with van der Waals surface area (Å²) in [5, 5.41) is 6.90. The van der Waals surface area contributed by atoms with Crippen molar-refractivity contribution < 1.29 is 4.74 Å². The number of nitrogens with one attached hydrogen (secondary N) is 2. The summed E-state index contributed by atoms with van der Waals surface area (Å²) in [7, 11) is 3.96. The summed E-state index contributed by atoms with van der Waals surface area (Å²) in [6.45, 7) is 4.48. The van der Waals surface area contributed by atoms with E-state index in [1.54, 1.807) is 0 Å². The minimum Gasteiger partial charge on any atom is -0.374 e. The van der Waals surface area contributed by atoms with Gasteiger partial charge < -0.3 is 20.3 Å². The van der Waals surface area contributed by atoms with Gasteiger partial charge in [0.2, 0.25) is 0 Å². The van der Waals surface area contributed by atoms with Gasteiger partial charge in [-0.25, -0.2) is 0 Å². The van der Waals surface area contributed by atoms with Crippen LogP contribution >= 0.6 is 15.9 Å². The summed E-state index contributed by atoms with van der Waals surface area (Å²) < 4.78 is 6.94. The Morgan fingerprint density at radius 1 is 1.42 bits per heavy atom. The molecular formula is C18H27BrN4O. The predicted octanol–water partition coefficient (Wildman–Crippen LogP) is 1.98. The number of halogens is 1. The third-order valence-electron chi connectivity index (χ3n) is 4.95. The number of hydrogen-bond donors (Lipinski definition) is 2. The van der Waals surface area contributed by atoms with Crippen molar-refractivity contribution in [1.82, 2.24) is 15.5 Å². The van der Waals surface area contributed by atoms with Crippen LogP contribution in [-0.2, 0) is 10.2 Å². The molecule has 0 spiro atoms. The second kappa shape index (κ2) is 7.85. The van der Waals surface area contributed by atoms with Crippen LogP contribution in [-0.4, -0.2) is 63.8 Å². The maximum Gasteiger partial charge on any atom is 0.191 e. The van der Waals surface area contributed by atoms with Crippen molar-refractivity contribution in [2.24, 2.45) is 4.99 Å². The lowest BCUT2D eigenvalue weighted by Crippen LogP contribution is -2.49. The van der Waals surface area contributed by atoms with Crippen molar-refractivity contribution in [3.63, 3.8) is 0 Å². The van der Waals surface area contributed by atoms with E-state index in [4.69, 9.17) is 4.74 Å². The van der Waals surface area contributed by atoms with Crippen LogP contribution in [0.15, 0.2) is 33.7 Å². The zero-order chi connectivity index (χ0) is 17.0. The summed E-state index contributed by atoms with van der Waals surface area (Å²) in [5.74, 6) is 0.855. The fourth-order valence-electron chi connectivity index (χ4n) is 3.21. The van der Waals surface area contributed by atoms with E-state index < -0.39 is 0 Å². The van der Waals surface area contributed by atoms with Gasteiger partial charge in [-0.2, -0.15) is 0 Å². The maximum absolute atomic E-state index is 5.79. The third kappa shape index (κ3) is 4.49. The van der Waals surface area contributed by atoms with Gasteiger partial charge in [0.1, 0.15) is 0 Å². The standard InChI is InChI=1S/C18H27BrN4O/c1-20-17(21-11-16-12-23(2)8-9-24-16)22-13-18(6-7-18)14-4-3-5-15(19)10-14/h3-5,10,16H,6-9,11-13H2,1-2H3,(H2,20,21,22). The van der Waals surface area contributed by atoms with Gasteiger partial charge >= 0.3 is 0 Å². The van der Waals surface area contributed by atoms with E-state index in [0.717, 1.165) is 43.2 Å². The van der Waals surface area contributed by atoms with E-state index >= 15 is 0 Å². The van der Waals surface area contributed by atoms with Crippen LogP contribution in [0.4, 0.5) is 0 Å². The van der Waals surface area contributed by atoms with Crippen molar-refractivity contribution >= 4 is 21.9 Å². The molecule has 24 heavy (non-hydrogen) atoms. The minimum atomic E-state index is 0.224. The van der Waals surface area contributed by atoms with Gasteiger partial charge in [-0.05, 0) is 37.6 Å². The van der Waals surface area contributed by atoms with Gasteiger partial charge in [0.05, 0.1) is 12.7 Å². The fraction of sp³-hybridized carbons (Fsp3) is 0.611. The van der Waals surface area contributed by atoms with E-state index in [0.29, 0.717) is 0 Å². The van der Waals surface area contributed by atoms with E-state index in [9.17, 15) is 0 Å². The number of guanidine groups is 1. The average Bonchev–Trinajstić information content (AvgIpc) is 3.36. The normalized spacial score (nSPS) is 23.8. The Bertz CT molecular complexity index is 588. The van der Waals surface area contributed by atoms with Gasteiger partial charge in [-0.15, -0.1) is 0 Å². The number of ether oxygens (including phenoxy) is 1. The fourth-order valence-corrected chi connectivity index (χ4v) is 3.61. The smallest absolute Gasteiger partial charge is 0.191 e. The van der Waals surface area contributed by atoms with Crippen LogP contribution in [0.1, 0.15) is 18.4 Å². The Balaban J connectivity index is 1.49. The highest BCUT2D eigenvalue weighted by molar-refractivity contribution is 9.10. The van der Waals surface area contributed by atoms with Gasteiger partial charge in [-0.3, -0.25) is 4.99 Å². The maximum atomic E-state index is 5.79. The van der Waals surface area contributed by atoms with E-state index in [1.165, 1.54) is 18.4 Å². The van der Waals surface area contributed by atoms with Crippen molar-refractivity contribution in [2.75, 3.05) is 46.9 Å². The first-order chi connectivity index (χ1) is 11.6. The lowest BCUT2D eigenvalue weighted by atomic mass is 9.96. The molecule has 2 aliphatic rings. The molecule has 1 unspecified atom stereocenters. The van der Waals surface area contributed by atoms with Crippen molar-refractivity contribution in [3.8, 4) is 0 Å². The molecule has 0 amide bonds. The number of nitrogens with zero attached hydrogens (tertiary/aromatic N) is 2. The van der Waals surface area contributed by atoms with Crippen molar-refractivity contribution in [2.45, 2.75) is 24.4 Å². The molecule has 132 valence electrons. The molecule has 1 aromatic carbocycles.